The van der Waals surface area contributed by atoms with Gasteiger partial charge in [-0.2, -0.15) is 0 Å². The summed E-state index contributed by atoms with van der Waals surface area (Å²) in [6.07, 6.45) is 0. The maximum absolute atomic E-state index is 6.22. The van der Waals surface area contributed by atoms with Crippen LogP contribution in [0.25, 0.3) is 22.8 Å². The molecule has 0 spiro atoms. The van der Waals surface area contributed by atoms with Crippen LogP contribution in [0, 0.1) is 0 Å². The molecule has 4 aromatic rings. The van der Waals surface area contributed by atoms with Gasteiger partial charge >= 0.3 is 0 Å². The third-order valence-corrected chi connectivity index (χ3v) is 6.12. The van der Waals surface area contributed by atoms with Gasteiger partial charge in [0.2, 0.25) is 11.8 Å². The third kappa shape index (κ3) is 4.67. The van der Waals surface area contributed by atoms with E-state index in [1.807, 2.05) is 17.6 Å². The molecule has 4 rings (SSSR count). The van der Waals surface area contributed by atoms with Crippen molar-refractivity contribution in [3.05, 3.63) is 57.4 Å². The Morgan fingerprint density at radius 1 is 0.968 bits per heavy atom. The number of hydrogen-bond acceptors (Lipinski definition) is 7. The van der Waals surface area contributed by atoms with Gasteiger partial charge in [-0.15, -0.1) is 20.4 Å². The predicted octanol–water partition coefficient (Wildman–Crippen LogP) is 6.28. The molecule has 160 valence electrons. The van der Waals surface area contributed by atoms with Crippen LogP contribution in [0.4, 0.5) is 0 Å². The first kappa shape index (κ1) is 22.0. The lowest BCUT2D eigenvalue weighted by Gasteiger charge is -2.10. The van der Waals surface area contributed by atoms with Crippen LogP contribution in [0.1, 0.15) is 12.8 Å². The highest BCUT2D eigenvalue weighted by Crippen LogP contribution is 2.34. The second-order valence-electron chi connectivity index (χ2n) is 6.31. The third-order valence-electron chi connectivity index (χ3n) is 4.39. The number of hydrogen-bond donors (Lipinski definition) is 0. The van der Waals surface area contributed by atoms with Crippen LogP contribution in [0.5, 0.6) is 5.75 Å². The summed E-state index contributed by atoms with van der Waals surface area (Å²) in [7, 11) is 1.61. The highest BCUT2D eigenvalue weighted by atomic mass is 35.5. The number of thioether (sulfide) groups is 1. The van der Waals surface area contributed by atoms with Crippen molar-refractivity contribution in [2.75, 3.05) is 7.11 Å². The summed E-state index contributed by atoms with van der Waals surface area (Å²) in [4.78, 5) is 0. The first-order valence-corrected chi connectivity index (χ1v) is 11.3. The van der Waals surface area contributed by atoms with E-state index in [4.69, 9.17) is 44.0 Å². The molecule has 0 unspecified atom stereocenters. The Labute approximate surface area is 197 Å². The molecule has 0 radical (unpaired) electrons. The number of ether oxygens (including phenoxy) is 1. The minimum atomic E-state index is 0.332. The van der Waals surface area contributed by atoms with E-state index in [9.17, 15) is 0 Å². The highest BCUT2D eigenvalue weighted by Gasteiger charge is 2.19. The van der Waals surface area contributed by atoms with Crippen molar-refractivity contribution >= 4 is 46.6 Å². The maximum Gasteiger partial charge on any atom is 0.249 e. The number of nitrogens with zero attached hydrogens (tertiary/aromatic N) is 5. The summed E-state index contributed by atoms with van der Waals surface area (Å²) in [6.45, 7) is 2.68. The van der Waals surface area contributed by atoms with Gasteiger partial charge in [0.05, 0.1) is 29.0 Å². The fraction of sp³-hybridized carbons (Fsp3) is 0.200. The van der Waals surface area contributed by atoms with Crippen LogP contribution in [0.15, 0.2) is 46.0 Å². The zero-order valence-electron chi connectivity index (χ0n) is 16.5. The van der Waals surface area contributed by atoms with Crippen LogP contribution in [-0.4, -0.2) is 32.1 Å². The molecule has 0 atom stereocenters. The molecule has 0 amide bonds. The molecule has 0 aliphatic rings. The number of methoxy groups -OCH3 is 1. The Kier molecular flexibility index (Phi) is 6.71. The highest BCUT2D eigenvalue weighted by molar-refractivity contribution is 7.98. The lowest BCUT2D eigenvalue weighted by Crippen LogP contribution is -2.01. The standard InChI is InChI=1S/C20H16Cl3N5O2S/c1-3-28-18(14-8-11(21)5-7-16(14)29-2)25-27-20(28)31-10-17-24-26-19(30-17)13-6-4-12(22)9-15(13)23/h4-9H,3,10H2,1-2H3. The lowest BCUT2D eigenvalue weighted by atomic mass is 10.2. The lowest BCUT2D eigenvalue weighted by molar-refractivity contribution is 0.416. The van der Waals surface area contributed by atoms with Crippen molar-refractivity contribution in [3.8, 4) is 28.6 Å². The molecule has 0 N–H and O–H groups in total. The molecule has 0 aliphatic heterocycles. The first-order chi connectivity index (χ1) is 15.0. The summed E-state index contributed by atoms with van der Waals surface area (Å²) >= 11 is 19.8. The number of halogens is 3. The Bertz CT molecular complexity index is 1230. The fourth-order valence-electron chi connectivity index (χ4n) is 2.94. The molecule has 0 aliphatic carbocycles. The quantitative estimate of drug-likeness (QED) is 0.279. The van der Waals surface area contributed by atoms with Crippen molar-refractivity contribution in [2.24, 2.45) is 0 Å². The van der Waals surface area contributed by atoms with E-state index in [1.54, 1.807) is 37.4 Å². The molecular weight excluding hydrogens is 481 g/mol. The van der Waals surface area contributed by atoms with Gasteiger partial charge in [-0.1, -0.05) is 46.6 Å². The minimum Gasteiger partial charge on any atom is -0.496 e. The number of rotatable bonds is 7. The fourth-order valence-corrected chi connectivity index (χ4v) is 4.45. The molecule has 0 fully saturated rings. The van der Waals surface area contributed by atoms with Crippen LogP contribution in [0.2, 0.25) is 15.1 Å². The Morgan fingerprint density at radius 3 is 2.48 bits per heavy atom. The Hall–Kier alpha value is -2.26. The molecule has 2 heterocycles. The zero-order valence-corrected chi connectivity index (χ0v) is 19.6. The van der Waals surface area contributed by atoms with Gasteiger partial charge < -0.3 is 13.7 Å². The van der Waals surface area contributed by atoms with E-state index >= 15 is 0 Å². The van der Waals surface area contributed by atoms with Crippen molar-refractivity contribution in [3.63, 3.8) is 0 Å². The van der Waals surface area contributed by atoms with E-state index in [2.05, 4.69) is 20.4 Å². The van der Waals surface area contributed by atoms with E-state index in [-0.39, 0.29) is 0 Å². The van der Waals surface area contributed by atoms with E-state index < -0.39 is 0 Å². The molecule has 31 heavy (non-hydrogen) atoms. The molecule has 7 nitrogen and oxygen atoms in total. The monoisotopic (exact) mass is 495 g/mol. The van der Waals surface area contributed by atoms with Crippen LogP contribution < -0.4 is 4.74 Å². The first-order valence-electron chi connectivity index (χ1n) is 9.17. The van der Waals surface area contributed by atoms with Gasteiger partial charge in [0.1, 0.15) is 5.75 Å². The van der Waals surface area contributed by atoms with Gasteiger partial charge in [-0.3, -0.25) is 0 Å². The summed E-state index contributed by atoms with van der Waals surface area (Å²) in [5.74, 6) is 2.54. The summed E-state index contributed by atoms with van der Waals surface area (Å²) < 4.78 is 13.2. The van der Waals surface area contributed by atoms with Crippen molar-refractivity contribution in [1.29, 1.82) is 0 Å². The Morgan fingerprint density at radius 2 is 1.74 bits per heavy atom. The molecule has 0 bridgehead atoms. The average molecular weight is 497 g/mol. The van der Waals surface area contributed by atoms with Crippen LogP contribution in [-0.2, 0) is 12.3 Å². The molecule has 0 saturated carbocycles. The van der Waals surface area contributed by atoms with Crippen molar-refractivity contribution in [2.45, 2.75) is 24.4 Å². The second kappa shape index (κ2) is 9.48. The molecule has 0 saturated heterocycles. The van der Waals surface area contributed by atoms with Crippen LogP contribution in [0.3, 0.4) is 0 Å². The molecule has 2 aromatic heterocycles. The molecule has 11 heteroatoms. The van der Waals surface area contributed by atoms with Gasteiger partial charge in [0.15, 0.2) is 11.0 Å². The number of aromatic nitrogens is 5. The molecule has 2 aromatic carbocycles. The van der Waals surface area contributed by atoms with Gasteiger partial charge in [0, 0.05) is 16.6 Å². The average Bonchev–Trinajstić information content (AvgIpc) is 3.38. The van der Waals surface area contributed by atoms with Gasteiger partial charge in [-0.05, 0) is 43.3 Å². The number of benzene rings is 2. The van der Waals surface area contributed by atoms with E-state index in [1.165, 1.54) is 11.8 Å². The van der Waals surface area contributed by atoms with Crippen molar-refractivity contribution < 1.29 is 9.15 Å². The summed E-state index contributed by atoms with van der Waals surface area (Å²) in [5.41, 5.74) is 1.40. The topological polar surface area (TPSA) is 78.9 Å². The van der Waals surface area contributed by atoms with Crippen LogP contribution >= 0.6 is 46.6 Å². The Balaban J connectivity index is 1.55. The summed E-state index contributed by atoms with van der Waals surface area (Å²) in [6, 6.07) is 10.5. The molecular formula is C20H16Cl3N5O2S. The largest absolute Gasteiger partial charge is 0.496 e. The predicted molar refractivity (Wildman–Crippen MR) is 122 cm³/mol. The van der Waals surface area contributed by atoms with Gasteiger partial charge in [0.25, 0.3) is 0 Å². The zero-order chi connectivity index (χ0) is 22.0. The van der Waals surface area contributed by atoms with Crippen molar-refractivity contribution in [1.82, 2.24) is 25.0 Å². The minimum absolute atomic E-state index is 0.332. The van der Waals surface area contributed by atoms with Gasteiger partial charge in [-0.25, -0.2) is 0 Å². The SMILES string of the molecule is CCn1c(SCc2nnc(-c3ccc(Cl)cc3Cl)o2)nnc1-c1cc(Cl)ccc1OC. The second-order valence-corrected chi connectivity index (χ2v) is 8.53. The summed E-state index contributed by atoms with van der Waals surface area (Å²) in [5, 5.41) is 19.2. The normalized spacial score (nSPS) is 11.1. The smallest absolute Gasteiger partial charge is 0.249 e. The van der Waals surface area contributed by atoms with E-state index in [0.29, 0.717) is 61.4 Å². The van der Waals surface area contributed by atoms with E-state index in [0.717, 1.165) is 5.56 Å². The maximum atomic E-state index is 6.22.